The Bertz CT molecular complexity index is 1340. The van der Waals surface area contributed by atoms with Crippen molar-refractivity contribution in [1.29, 1.82) is 0 Å². The number of aromatic nitrogens is 4. The number of sulfone groups is 1. The molecule has 8 nitrogen and oxygen atoms in total. The molecule has 0 amide bonds. The summed E-state index contributed by atoms with van der Waals surface area (Å²) in [7, 11) is -2.99. The summed E-state index contributed by atoms with van der Waals surface area (Å²) in [5.74, 6) is 0.842. The van der Waals surface area contributed by atoms with Gasteiger partial charge in [0.1, 0.15) is 0 Å². The van der Waals surface area contributed by atoms with Crippen molar-refractivity contribution in [2.45, 2.75) is 39.0 Å². The molecule has 1 fully saturated rings. The van der Waals surface area contributed by atoms with Gasteiger partial charge in [0, 0.05) is 12.6 Å². The number of para-hydroxylation sites is 1. The lowest BCUT2D eigenvalue weighted by Gasteiger charge is -2.27. The first-order valence-electron chi connectivity index (χ1n) is 10.0. The second kappa shape index (κ2) is 8.09. The molecule has 3 heterocycles. The van der Waals surface area contributed by atoms with Crippen LogP contribution in [-0.2, 0) is 23.1 Å². The highest BCUT2D eigenvalue weighted by molar-refractivity contribution is 7.91. The van der Waals surface area contributed by atoms with Gasteiger partial charge in [-0.15, -0.1) is 11.7 Å². The fraction of sp³-hybridized carbons (Fsp3) is 0.450. The van der Waals surface area contributed by atoms with Gasteiger partial charge >= 0.3 is 0 Å². The molecular formula is C20H25N5O3S2. The zero-order chi connectivity index (χ0) is 21.5. The molecule has 1 aromatic carbocycles. The van der Waals surface area contributed by atoms with E-state index in [1.54, 1.807) is 21.4 Å². The maximum atomic E-state index is 13.0. The highest BCUT2D eigenvalue weighted by atomic mass is 32.2. The van der Waals surface area contributed by atoms with Gasteiger partial charge in [0.15, 0.2) is 9.84 Å². The van der Waals surface area contributed by atoms with Crippen LogP contribution in [0.3, 0.4) is 0 Å². The minimum absolute atomic E-state index is 0.0474. The van der Waals surface area contributed by atoms with Crippen LogP contribution in [0.4, 0.5) is 0 Å². The Morgan fingerprint density at radius 1 is 1.37 bits per heavy atom. The topological polar surface area (TPSA) is 81.6 Å². The van der Waals surface area contributed by atoms with Crippen molar-refractivity contribution in [3.63, 3.8) is 0 Å². The average molecular weight is 448 g/mol. The van der Waals surface area contributed by atoms with Gasteiger partial charge in [-0.3, -0.25) is 18.7 Å². The smallest absolute Gasteiger partial charge is 0.263 e. The molecule has 1 atom stereocenters. The van der Waals surface area contributed by atoms with Gasteiger partial charge in [-0.2, -0.15) is 0 Å². The highest BCUT2D eigenvalue weighted by Gasteiger charge is 2.32. The first-order valence-corrected chi connectivity index (χ1v) is 12.3. The Labute approximate surface area is 180 Å². The summed E-state index contributed by atoms with van der Waals surface area (Å²) in [5.41, 5.74) is 0.567. The molecule has 1 aliphatic heterocycles. The largest absolute Gasteiger partial charge is 0.280 e. The van der Waals surface area contributed by atoms with E-state index < -0.39 is 9.84 Å². The summed E-state index contributed by atoms with van der Waals surface area (Å²) in [5, 5.41) is 5.24. The van der Waals surface area contributed by atoms with Crippen LogP contribution in [0.2, 0.25) is 0 Å². The predicted octanol–water partition coefficient (Wildman–Crippen LogP) is 2.22. The summed E-state index contributed by atoms with van der Waals surface area (Å²) in [6, 6.07) is 7.28. The van der Waals surface area contributed by atoms with E-state index in [-0.39, 0.29) is 23.1 Å². The van der Waals surface area contributed by atoms with Crippen molar-refractivity contribution in [2.24, 2.45) is 0 Å². The monoisotopic (exact) mass is 447 g/mol. The molecular weight excluding hydrogens is 422 g/mol. The van der Waals surface area contributed by atoms with Crippen LogP contribution in [0.15, 0.2) is 41.7 Å². The van der Waals surface area contributed by atoms with Gasteiger partial charge in [0.2, 0.25) is 10.5 Å². The van der Waals surface area contributed by atoms with E-state index in [0.29, 0.717) is 41.1 Å². The van der Waals surface area contributed by atoms with Crippen molar-refractivity contribution >= 4 is 38.7 Å². The lowest BCUT2D eigenvalue weighted by molar-refractivity contribution is 0.155. The molecule has 30 heavy (non-hydrogen) atoms. The number of rotatable bonds is 7. The Balaban J connectivity index is 1.86. The van der Waals surface area contributed by atoms with Crippen LogP contribution in [0.25, 0.3) is 16.7 Å². The van der Waals surface area contributed by atoms with E-state index in [0.717, 1.165) is 13.0 Å². The van der Waals surface area contributed by atoms with Crippen LogP contribution in [0, 0.1) is 4.77 Å². The van der Waals surface area contributed by atoms with Crippen LogP contribution in [0.1, 0.15) is 19.8 Å². The van der Waals surface area contributed by atoms with Crippen molar-refractivity contribution in [1.82, 2.24) is 23.6 Å². The fourth-order valence-corrected chi connectivity index (χ4v) is 6.18. The Hall–Kier alpha value is -2.30. The zero-order valence-electron chi connectivity index (χ0n) is 16.9. The van der Waals surface area contributed by atoms with Crippen molar-refractivity contribution in [3.05, 3.63) is 52.0 Å². The van der Waals surface area contributed by atoms with Crippen LogP contribution >= 0.6 is 12.2 Å². The number of benzene rings is 1. The summed E-state index contributed by atoms with van der Waals surface area (Å²) < 4.78 is 29.5. The van der Waals surface area contributed by atoms with Gasteiger partial charge in [-0.1, -0.05) is 25.1 Å². The molecule has 3 aromatic rings. The molecule has 1 saturated heterocycles. The van der Waals surface area contributed by atoms with Crippen LogP contribution < -0.4 is 5.56 Å². The standard InChI is InChI=1S/C20H25N5O3S2/c1-3-10-22(15-9-12-30(27,28)13-15)14-24-20(29)25-17-8-6-5-7-16(17)18(26)23(11-4-2)19(25)21-24/h4-8,15H,2-3,9-14H2,1H3. The second-order valence-electron chi connectivity index (χ2n) is 7.65. The number of nitrogens with zero attached hydrogens (tertiary/aromatic N) is 5. The predicted molar refractivity (Wildman–Crippen MR) is 120 cm³/mol. The number of allylic oxidation sites excluding steroid dienone is 1. The SMILES string of the molecule is C=CCn1c(=O)c2ccccc2n2c(=S)n(CN(CCC)C3CCS(=O)(=O)C3)nc12. The highest BCUT2D eigenvalue weighted by Crippen LogP contribution is 2.20. The van der Waals surface area contributed by atoms with Crippen LogP contribution in [-0.4, -0.2) is 56.2 Å². The first-order chi connectivity index (χ1) is 14.4. The van der Waals surface area contributed by atoms with Gasteiger partial charge in [-0.05, 0) is 43.7 Å². The van der Waals surface area contributed by atoms with Gasteiger partial charge < -0.3 is 0 Å². The van der Waals surface area contributed by atoms with Gasteiger partial charge in [0.05, 0.1) is 29.1 Å². The normalized spacial score (nSPS) is 18.5. The summed E-state index contributed by atoms with van der Waals surface area (Å²) in [6.45, 7) is 7.27. The van der Waals surface area contributed by atoms with E-state index in [2.05, 4.69) is 23.5 Å². The second-order valence-corrected chi connectivity index (χ2v) is 10.2. The number of hydrogen-bond donors (Lipinski definition) is 0. The molecule has 160 valence electrons. The molecule has 0 radical (unpaired) electrons. The minimum Gasteiger partial charge on any atom is -0.280 e. The summed E-state index contributed by atoms with van der Waals surface area (Å²) in [6.07, 6.45) is 3.17. The summed E-state index contributed by atoms with van der Waals surface area (Å²) in [4.78, 5) is 15.1. The molecule has 4 rings (SSSR count). The third-order valence-corrected chi connectivity index (χ3v) is 7.69. The fourth-order valence-electron chi connectivity index (χ4n) is 4.14. The molecule has 1 unspecified atom stereocenters. The molecule has 1 aliphatic rings. The van der Waals surface area contributed by atoms with Crippen molar-refractivity contribution in [2.75, 3.05) is 18.1 Å². The molecule has 0 bridgehead atoms. The average Bonchev–Trinajstić information content (AvgIpc) is 3.24. The van der Waals surface area contributed by atoms with Gasteiger partial charge in [-0.25, -0.2) is 13.1 Å². The lowest BCUT2D eigenvalue weighted by Crippen LogP contribution is -2.38. The third kappa shape index (κ3) is 3.63. The van der Waals surface area contributed by atoms with E-state index >= 15 is 0 Å². The van der Waals surface area contributed by atoms with Crippen molar-refractivity contribution < 1.29 is 8.42 Å². The van der Waals surface area contributed by atoms with Gasteiger partial charge in [0.25, 0.3) is 5.56 Å². The number of fused-ring (bicyclic) bond motifs is 3. The molecule has 0 spiro atoms. The molecule has 10 heteroatoms. The first kappa shape index (κ1) is 21.0. The molecule has 0 aliphatic carbocycles. The lowest BCUT2D eigenvalue weighted by atomic mass is 10.2. The Morgan fingerprint density at radius 2 is 2.13 bits per heavy atom. The molecule has 0 saturated carbocycles. The molecule has 0 N–H and O–H groups in total. The molecule has 2 aromatic heterocycles. The van der Waals surface area contributed by atoms with Crippen molar-refractivity contribution in [3.8, 4) is 0 Å². The maximum absolute atomic E-state index is 13.0. The number of hydrogen-bond acceptors (Lipinski definition) is 6. The van der Waals surface area contributed by atoms with E-state index in [1.165, 1.54) is 0 Å². The zero-order valence-corrected chi connectivity index (χ0v) is 18.5. The Kier molecular flexibility index (Phi) is 5.65. The van der Waals surface area contributed by atoms with E-state index in [9.17, 15) is 13.2 Å². The van der Waals surface area contributed by atoms with E-state index in [1.807, 2.05) is 22.6 Å². The van der Waals surface area contributed by atoms with E-state index in [4.69, 9.17) is 12.2 Å². The quantitative estimate of drug-likeness (QED) is 0.408. The third-order valence-electron chi connectivity index (χ3n) is 5.55. The summed E-state index contributed by atoms with van der Waals surface area (Å²) >= 11 is 5.74. The Morgan fingerprint density at radius 3 is 2.80 bits per heavy atom. The maximum Gasteiger partial charge on any atom is 0.263 e. The minimum atomic E-state index is -2.99. The van der Waals surface area contributed by atoms with Crippen LogP contribution in [0.5, 0.6) is 0 Å².